The van der Waals surface area contributed by atoms with E-state index in [1.807, 2.05) is 30.3 Å². The number of carboxylic acids is 1. The number of rotatable bonds is 8. The lowest BCUT2D eigenvalue weighted by Gasteiger charge is -2.28. The number of hydrogen-bond acceptors (Lipinski definition) is 4. The minimum absolute atomic E-state index is 0.0885. The maximum Gasteiger partial charge on any atom is 0.305 e. The fraction of sp³-hybridized carbons (Fsp3) is 0.263. The zero-order valence-corrected chi connectivity index (χ0v) is 14.2. The second-order valence-corrected chi connectivity index (χ2v) is 5.96. The Morgan fingerprint density at radius 3 is 2.40 bits per heavy atom. The average molecular weight is 343 g/mol. The van der Waals surface area contributed by atoms with Crippen molar-refractivity contribution in [3.05, 3.63) is 60.2 Å². The predicted molar refractivity (Wildman–Crippen MR) is 93.0 cm³/mol. The van der Waals surface area contributed by atoms with Crippen LogP contribution in [0.25, 0.3) is 0 Å². The highest BCUT2D eigenvalue weighted by molar-refractivity contribution is 5.95. The number of carboxylic acid groups (broad SMARTS) is 1. The van der Waals surface area contributed by atoms with Crippen LogP contribution < -0.4 is 10.1 Å². The molecule has 0 aliphatic carbocycles. The van der Waals surface area contributed by atoms with Crippen molar-refractivity contribution >= 4 is 11.9 Å². The highest BCUT2D eigenvalue weighted by Crippen LogP contribution is 2.22. The molecule has 1 amide bonds. The SMILES string of the molecule is COCC(C)(CC(=O)O)NC(=O)c1cccc(Oc2ccccc2)c1. The zero-order valence-electron chi connectivity index (χ0n) is 14.2. The van der Waals surface area contributed by atoms with Crippen LogP contribution in [0.15, 0.2) is 54.6 Å². The average Bonchev–Trinajstić information content (AvgIpc) is 2.55. The van der Waals surface area contributed by atoms with Gasteiger partial charge in [0.1, 0.15) is 11.5 Å². The van der Waals surface area contributed by atoms with Gasteiger partial charge in [-0.1, -0.05) is 24.3 Å². The standard InChI is InChI=1S/C19H21NO5/c1-19(13-24-2,12-17(21)22)20-18(23)14-7-6-10-16(11-14)25-15-8-4-3-5-9-15/h3-11H,12-13H2,1-2H3,(H,20,23)(H,21,22). The number of benzene rings is 2. The maximum absolute atomic E-state index is 12.5. The molecule has 2 aromatic carbocycles. The summed E-state index contributed by atoms with van der Waals surface area (Å²) in [6, 6.07) is 15.9. The summed E-state index contributed by atoms with van der Waals surface area (Å²) in [5.41, 5.74) is -0.630. The molecule has 1 atom stereocenters. The molecule has 25 heavy (non-hydrogen) atoms. The molecule has 0 heterocycles. The molecule has 2 rings (SSSR count). The first-order valence-electron chi connectivity index (χ1n) is 7.78. The first-order chi connectivity index (χ1) is 11.9. The second kappa shape index (κ2) is 8.30. The third-order valence-electron chi connectivity index (χ3n) is 3.49. The normalized spacial score (nSPS) is 12.9. The number of amides is 1. The van der Waals surface area contributed by atoms with E-state index in [4.69, 9.17) is 14.6 Å². The van der Waals surface area contributed by atoms with Crippen molar-refractivity contribution < 1.29 is 24.2 Å². The van der Waals surface area contributed by atoms with Gasteiger partial charge in [0.2, 0.25) is 0 Å². The molecule has 0 aliphatic heterocycles. The molecule has 0 fully saturated rings. The third-order valence-corrected chi connectivity index (χ3v) is 3.49. The van der Waals surface area contributed by atoms with E-state index < -0.39 is 11.5 Å². The van der Waals surface area contributed by atoms with Gasteiger partial charge in [-0.3, -0.25) is 9.59 Å². The number of aliphatic carboxylic acids is 1. The van der Waals surface area contributed by atoms with Crippen LogP contribution in [-0.2, 0) is 9.53 Å². The molecular weight excluding hydrogens is 322 g/mol. The fourth-order valence-electron chi connectivity index (χ4n) is 2.46. The Morgan fingerprint density at radius 1 is 1.08 bits per heavy atom. The van der Waals surface area contributed by atoms with E-state index in [1.165, 1.54) is 7.11 Å². The highest BCUT2D eigenvalue weighted by Gasteiger charge is 2.30. The summed E-state index contributed by atoms with van der Waals surface area (Å²) in [6.07, 6.45) is -0.243. The first kappa shape index (κ1) is 18.5. The molecule has 0 radical (unpaired) electrons. The molecule has 1 unspecified atom stereocenters. The zero-order chi connectivity index (χ0) is 18.3. The fourth-order valence-corrected chi connectivity index (χ4v) is 2.46. The predicted octanol–water partition coefficient (Wildman–Crippen LogP) is 3.09. The molecule has 2 aromatic rings. The maximum atomic E-state index is 12.5. The lowest BCUT2D eigenvalue weighted by molar-refractivity contribution is -0.139. The van der Waals surface area contributed by atoms with Crippen LogP contribution in [0.3, 0.4) is 0 Å². The molecule has 0 aliphatic rings. The van der Waals surface area contributed by atoms with Crippen LogP contribution in [0.4, 0.5) is 0 Å². The van der Waals surface area contributed by atoms with Gasteiger partial charge in [-0.15, -0.1) is 0 Å². The number of para-hydroxylation sites is 1. The number of nitrogens with one attached hydrogen (secondary N) is 1. The van der Waals surface area contributed by atoms with E-state index in [-0.39, 0.29) is 18.9 Å². The topological polar surface area (TPSA) is 84.9 Å². The minimum Gasteiger partial charge on any atom is -0.481 e. The first-order valence-corrected chi connectivity index (χ1v) is 7.78. The van der Waals surface area contributed by atoms with E-state index in [0.29, 0.717) is 17.1 Å². The van der Waals surface area contributed by atoms with E-state index in [1.54, 1.807) is 31.2 Å². The lowest BCUT2D eigenvalue weighted by Crippen LogP contribution is -2.50. The molecule has 6 nitrogen and oxygen atoms in total. The number of hydrogen-bond donors (Lipinski definition) is 2. The van der Waals surface area contributed by atoms with Crippen LogP contribution in [-0.4, -0.2) is 36.2 Å². The van der Waals surface area contributed by atoms with Gasteiger partial charge >= 0.3 is 5.97 Å². The van der Waals surface area contributed by atoms with Crippen LogP contribution in [0.2, 0.25) is 0 Å². The van der Waals surface area contributed by atoms with Crippen LogP contribution >= 0.6 is 0 Å². The molecule has 132 valence electrons. The summed E-state index contributed by atoms with van der Waals surface area (Å²) >= 11 is 0. The third kappa shape index (κ3) is 5.61. The van der Waals surface area contributed by atoms with Gasteiger partial charge in [-0.2, -0.15) is 0 Å². The van der Waals surface area contributed by atoms with Gasteiger partial charge in [-0.05, 0) is 37.3 Å². The Hall–Kier alpha value is -2.86. The largest absolute Gasteiger partial charge is 0.481 e. The van der Waals surface area contributed by atoms with Crippen molar-refractivity contribution in [1.82, 2.24) is 5.32 Å². The molecule has 2 N–H and O–H groups in total. The number of carbonyl (C=O) groups is 2. The van der Waals surface area contributed by atoms with Gasteiger partial charge in [0.05, 0.1) is 18.6 Å². The van der Waals surface area contributed by atoms with Crippen LogP contribution in [0.1, 0.15) is 23.7 Å². The smallest absolute Gasteiger partial charge is 0.305 e. The number of carbonyl (C=O) groups excluding carboxylic acids is 1. The van der Waals surface area contributed by atoms with Gasteiger partial charge in [0, 0.05) is 12.7 Å². The van der Waals surface area contributed by atoms with Crippen molar-refractivity contribution in [1.29, 1.82) is 0 Å². The van der Waals surface area contributed by atoms with Gasteiger partial charge in [-0.25, -0.2) is 0 Å². The van der Waals surface area contributed by atoms with Crippen molar-refractivity contribution in [2.45, 2.75) is 18.9 Å². The van der Waals surface area contributed by atoms with Crippen LogP contribution in [0, 0.1) is 0 Å². The van der Waals surface area contributed by atoms with Crippen molar-refractivity contribution in [3.63, 3.8) is 0 Å². The molecule has 0 spiro atoms. The summed E-state index contributed by atoms with van der Waals surface area (Å²) < 4.78 is 10.8. The van der Waals surface area contributed by atoms with E-state index in [9.17, 15) is 9.59 Å². The molecule has 0 saturated heterocycles. The van der Waals surface area contributed by atoms with Crippen LogP contribution in [0.5, 0.6) is 11.5 Å². The summed E-state index contributed by atoms with van der Waals surface area (Å²) in [4.78, 5) is 23.5. The summed E-state index contributed by atoms with van der Waals surface area (Å²) in [6.45, 7) is 1.72. The minimum atomic E-state index is -1.01. The number of methoxy groups -OCH3 is 1. The van der Waals surface area contributed by atoms with Crippen molar-refractivity contribution in [2.24, 2.45) is 0 Å². The van der Waals surface area contributed by atoms with Crippen molar-refractivity contribution in [3.8, 4) is 11.5 Å². The van der Waals surface area contributed by atoms with Gasteiger partial charge in [0.25, 0.3) is 5.91 Å². The summed E-state index contributed by atoms with van der Waals surface area (Å²) in [5.74, 6) is -0.221. The van der Waals surface area contributed by atoms with E-state index in [2.05, 4.69) is 5.32 Å². The van der Waals surface area contributed by atoms with E-state index >= 15 is 0 Å². The Balaban J connectivity index is 2.13. The molecule has 0 aromatic heterocycles. The highest BCUT2D eigenvalue weighted by atomic mass is 16.5. The molecular formula is C19H21NO5. The number of ether oxygens (including phenoxy) is 2. The summed E-state index contributed by atoms with van der Waals surface area (Å²) in [7, 11) is 1.46. The molecule has 0 bridgehead atoms. The monoisotopic (exact) mass is 343 g/mol. The van der Waals surface area contributed by atoms with Crippen molar-refractivity contribution in [2.75, 3.05) is 13.7 Å². The Bertz CT molecular complexity index is 732. The second-order valence-electron chi connectivity index (χ2n) is 5.96. The molecule has 6 heteroatoms. The van der Waals surface area contributed by atoms with E-state index in [0.717, 1.165) is 0 Å². The Labute approximate surface area is 146 Å². The Morgan fingerprint density at radius 2 is 1.76 bits per heavy atom. The lowest BCUT2D eigenvalue weighted by atomic mass is 9.98. The van der Waals surface area contributed by atoms with Gasteiger partial charge < -0.3 is 19.9 Å². The molecule has 0 saturated carbocycles. The quantitative estimate of drug-likeness (QED) is 0.769. The Kier molecular flexibility index (Phi) is 6.14. The van der Waals surface area contributed by atoms with Gasteiger partial charge in [0.15, 0.2) is 0 Å². The summed E-state index contributed by atoms with van der Waals surface area (Å²) in [5, 5.41) is 11.8.